The summed E-state index contributed by atoms with van der Waals surface area (Å²) in [4.78, 5) is 10.2. The lowest BCUT2D eigenvalue weighted by Crippen LogP contribution is -2.28. The van der Waals surface area contributed by atoms with Crippen LogP contribution in [-0.2, 0) is 24.5 Å². The van der Waals surface area contributed by atoms with Crippen LogP contribution in [0.1, 0.15) is 6.42 Å². The van der Waals surface area contributed by atoms with E-state index in [0.717, 1.165) is 0 Å². The van der Waals surface area contributed by atoms with Crippen LogP contribution in [0.3, 0.4) is 0 Å². The summed E-state index contributed by atoms with van der Waals surface area (Å²) >= 11 is 0. The van der Waals surface area contributed by atoms with Crippen LogP contribution in [0, 0.1) is 0 Å². The van der Waals surface area contributed by atoms with Crippen LogP contribution in [0.25, 0.3) is 0 Å². The third-order valence-electron chi connectivity index (χ3n) is 2.02. The molecule has 1 fully saturated rings. The number of carboxylic acids is 1. The van der Waals surface area contributed by atoms with Gasteiger partial charge in [-0.05, 0) is 6.42 Å². The van der Waals surface area contributed by atoms with Gasteiger partial charge in [0.05, 0.1) is 16.8 Å². The third-order valence-corrected chi connectivity index (χ3v) is 6.07. The van der Waals surface area contributed by atoms with E-state index in [4.69, 9.17) is 5.11 Å². The standard InChI is InChI=1S/C6H10O6S2/c7-6(8)4-14(11,12)5-1-2-13(9,10)3-5/h5H,1-4H2,(H,7,8). The molecule has 0 amide bonds. The van der Waals surface area contributed by atoms with Crippen LogP contribution in [0.2, 0.25) is 0 Å². The van der Waals surface area contributed by atoms with Gasteiger partial charge < -0.3 is 5.11 Å². The largest absolute Gasteiger partial charge is 0.480 e. The highest BCUT2D eigenvalue weighted by Gasteiger charge is 2.37. The molecule has 0 aromatic heterocycles. The summed E-state index contributed by atoms with van der Waals surface area (Å²) in [6.07, 6.45) is 0.0119. The molecule has 1 saturated heterocycles. The molecular weight excluding hydrogens is 232 g/mol. The first-order valence-corrected chi connectivity index (χ1v) is 7.40. The number of hydrogen-bond acceptors (Lipinski definition) is 5. The quantitative estimate of drug-likeness (QED) is 0.657. The molecule has 82 valence electrons. The van der Waals surface area contributed by atoms with Gasteiger partial charge in [0, 0.05) is 0 Å². The fraction of sp³-hybridized carbons (Fsp3) is 0.833. The van der Waals surface area contributed by atoms with Gasteiger partial charge in [-0.15, -0.1) is 0 Å². The van der Waals surface area contributed by atoms with Gasteiger partial charge in [0.15, 0.2) is 19.7 Å². The predicted molar refractivity (Wildman–Crippen MR) is 48.5 cm³/mol. The molecule has 0 aliphatic carbocycles. The highest BCUT2D eigenvalue weighted by molar-refractivity contribution is 7.96. The molecule has 0 saturated carbocycles. The van der Waals surface area contributed by atoms with E-state index in [1.165, 1.54) is 0 Å². The van der Waals surface area contributed by atoms with Crippen molar-refractivity contribution >= 4 is 25.6 Å². The zero-order chi connectivity index (χ0) is 11.0. The summed E-state index contributed by atoms with van der Waals surface area (Å²) in [6, 6.07) is 0. The summed E-state index contributed by atoms with van der Waals surface area (Å²) < 4.78 is 44.5. The van der Waals surface area contributed by atoms with E-state index in [9.17, 15) is 21.6 Å². The molecular formula is C6H10O6S2. The molecule has 6 nitrogen and oxygen atoms in total. The first kappa shape index (κ1) is 11.4. The van der Waals surface area contributed by atoms with E-state index in [-0.39, 0.29) is 12.2 Å². The van der Waals surface area contributed by atoms with Crippen molar-refractivity contribution in [3.8, 4) is 0 Å². The van der Waals surface area contributed by atoms with Gasteiger partial charge in [-0.3, -0.25) is 4.79 Å². The van der Waals surface area contributed by atoms with Gasteiger partial charge in [0.25, 0.3) is 0 Å². The average molecular weight is 242 g/mol. The second-order valence-electron chi connectivity index (χ2n) is 3.23. The zero-order valence-electron chi connectivity index (χ0n) is 7.21. The van der Waals surface area contributed by atoms with Crippen molar-refractivity contribution in [2.24, 2.45) is 0 Å². The van der Waals surface area contributed by atoms with E-state index >= 15 is 0 Å². The minimum Gasteiger partial charge on any atom is -0.480 e. The van der Waals surface area contributed by atoms with Gasteiger partial charge in [-0.1, -0.05) is 0 Å². The molecule has 1 atom stereocenters. The molecule has 0 spiro atoms. The Morgan fingerprint density at radius 3 is 2.36 bits per heavy atom. The van der Waals surface area contributed by atoms with Gasteiger partial charge >= 0.3 is 5.97 Å². The zero-order valence-corrected chi connectivity index (χ0v) is 8.84. The molecule has 0 bridgehead atoms. The molecule has 1 rings (SSSR count). The summed E-state index contributed by atoms with van der Waals surface area (Å²) in [5, 5.41) is 7.27. The Morgan fingerprint density at radius 1 is 1.43 bits per heavy atom. The van der Waals surface area contributed by atoms with E-state index in [2.05, 4.69) is 0 Å². The van der Waals surface area contributed by atoms with Gasteiger partial charge in [-0.25, -0.2) is 16.8 Å². The highest BCUT2D eigenvalue weighted by atomic mass is 32.2. The van der Waals surface area contributed by atoms with Gasteiger partial charge in [0.1, 0.15) is 5.75 Å². The Hall–Kier alpha value is -0.630. The van der Waals surface area contributed by atoms with Crippen LogP contribution in [0.4, 0.5) is 0 Å². The van der Waals surface area contributed by atoms with Crippen molar-refractivity contribution in [2.75, 3.05) is 17.3 Å². The monoisotopic (exact) mass is 242 g/mol. The van der Waals surface area contributed by atoms with E-state index in [1.807, 2.05) is 0 Å². The molecule has 1 aliphatic rings. The van der Waals surface area contributed by atoms with Crippen LogP contribution in [-0.4, -0.2) is 50.4 Å². The molecule has 0 aromatic rings. The highest BCUT2D eigenvalue weighted by Crippen LogP contribution is 2.19. The lowest BCUT2D eigenvalue weighted by molar-refractivity contribution is -0.134. The van der Waals surface area contributed by atoms with Crippen LogP contribution in [0.15, 0.2) is 0 Å². The molecule has 14 heavy (non-hydrogen) atoms. The summed E-state index contributed by atoms with van der Waals surface area (Å²) in [5.41, 5.74) is 0. The van der Waals surface area contributed by atoms with Crippen LogP contribution < -0.4 is 0 Å². The van der Waals surface area contributed by atoms with E-state index in [1.54, 1.807) is 0 Å². The van der Waals surface area contributed by atoms with Crippen molar-refractivity contribution < 1.29 is 26.7 Å². The molecule has 8 heteroatoms. The van der Waals surface area contributed by atoms with Crippen LogP contribution >= 0.6 is 0 Å². The normalized spacial score (nSPS) is 26.1. The molecule has 1 unspecified atom stereocenters. The van der Waals surface area contributed by atoms with Crippen molar-refractivity contribution in [3.63, 3.8) is 0 Å². The topological polar surface area (TPSA) is 106 Å². The van der Waals surface area contributed by atoms with Crippen molar-refractivity contribution in [1.82, 2.24) is 0 Å². The lowest BCUT2D eigenvalue weighted by atomic mass is 10.4. The number of aliphatic carboxylic acids is 1. The van der Waals surface area contributed by atoms with Crippen LogP contribution in [0.5, 0.6) is 0 Å². The van der Waals surface area contributed by atoms with Crippen molar-refractivity contribution in [2.45, 2.75) is 11.7 Å². The van der Waals surface area contributed by atoms with Gasteiger partial charge in [-0.2, -0.15) is 0 Å². The summed E-state index contributed by atoms with van der Waals surface area (Å²) in [5.74, 6) is -3.05. The number of hydrogen-bond donors (Lipinski definition) is 1. The van der Waals surface area contributed by atoms with Crippen molar-refractivity contribution in [1.29, 1.82) is 0 Å². The third kappa shape index (κ3) is 2.68. The fourth-order valence-corrected chi connectivity index (χ4v) is 5.53. The van der Waals surface area contributed by atoms with E-state index < -0.39 is 42.4 Å². The maximum absolute atomic E-state index is 11.3. The van der Waals surface area contributed by atoms with Crippen molar-refractivity contribution in [3.05, 3.63) is 0 Å². The number of carboxylic acid groups (broad SMARTS) is 1. The second kappa shape index (κ2) is 3.50. The minimum atomic E-state index is -3.81. The maximum Gasteiger partial charge on any atom is 0.318 e. The van der Waals surface area contributed by atoms with Gasteiger partial charge in [0.2, 0.25) is 0 Å². The number of carbonyl (C=O) groups is 1. The molecule has 0 radical (unpaired) electrons. The Balaban J connectivity index is 2.82. The average Bonchev–Trinajstić information content (AvgIpc) is 2.27. The first-order chi connectivity index (χ1) is 6.23. The number of rotatable bonds is 3. The first-order valence-electron chi connectivity index (χ1n) is 3.87. The number of sulfone groups is 2. The predicted octanol–water partition coefficient (Wildman–Crippen LogP) is -1.33. The molecule has 1 aliphatic heterocycles. The molecule has 0 aromatic carbocycles. The smallest absolute Gasteiger partial charge is 0.318 e. The minimum absolute atomic E-state index is 0.0119. The summed E-state index contributed by atoms with van der Waals surface area (Å²) in [7, 11) is -7.10. The molecule has 1 N–H and O–H groups in total. The maximum atomic E-state index is 11.3. The fourth-order valence-electron chi connectivity index (χ4n) is 1.33. The van der Waals surface area contributed by atoms with E-state index in [0.29, 0.717) is 0 Å². The molecule has 1 heterocycles. The Kier molecular flexibility index (Phi) is 2.86. The second-order valence-corrected chi connectivity index (χ2v) is 7.74. The Labute approximate surface area is 81.8 Å². The SMILES string of the molecule is O=C(O)CS(=O)(=O)C1CCS(=O)(=O)C1. The summed E-state index contributed by atoms with van der Waals surface area (Å²) in [6.45, 7) is 0. The Bertz CT molecular complexity index is 431. The Morgan fingerprint density at radius 2 is 2.00 bits per heavy atom. The lowest BCUT2D eigenvalue weighted by Gasteiger charge is -2.06.